The van der Waals surface area contributed by atoms with Crippen molar-refractivity contribution in [3.8, 4) is 28.6 Å². The number of H-pyrrole nitrogens is 1. The molecule has 0 radical (unpaired) electrons. The Morgan fingerprint density at radius 3 is 2.56 bits per heavy atom. The van der Waals surface area contributed by atoms with E-state index < -0.39 is 6.04 Å². The Bertz CT molecular complexity index is 894. The van der Waals surface area contributed by atoms with Gasteiger partial charge in [0, 0.05) is 5.56 Å². The lowest BCUT2D eigenvalue weighted by atomic mass is 10.1. The SMILES string of the molecule is CCOc1ccc(C(N)c2nc(-c3cccc(OC)c3)n[nH]2)cc1OCC. The summed E-state index contributed by atoms with van der Waals surface area (Å²) in [4.78, 5) is 4.55. The molecule has 0 saturated carbocycles. The lowest BCUT2D eigenvalue weighted by Gasteiger charge is -2.14. The predicted octanol–water partition coefficient (Wildman–Crippen LogP) is 3.33. The standard InChI is InChI=1S/C20H24N4O3/c1-4-26-16-10-9-13(12-17(16)27-5-2)18(21)20-22-19(23-24-20)14-7-6-8-15(11-14)25-3/h6-12,18H,4-5,21H2,1-3H3,(H,22,23,24). The molecule has 7 heteroatoms. The van der Waals surface area contributed by atoms with E-state index in [2.05, 4.69) is 15.2 Å². The molecule has 0 aliphatic carbocycles. The van der Waals surface area contributed by atoms with Gasteiger partial charge in [-0.25, -0.2) is 4.98 Å². The van der Waals surface area contributed by atoms with E-state index in [1.807, 2.05) is 56.3 Å². The Labute approximate surface area is 158 Å². The number of ether oxygens (including phenoxy) is 3. The maximum absolute atomic E-state index is 6.40. The van der Waals surface area contributed by atoms with E-state index in [0.717, 1.165) is 16.9 Å². The highest BCUT2D eigenvalue weighted by molar-refractivity contribution is 5.57. The van der Waals surface area contributed by atoms with Crippen molar-refractivity contribution in [2.75, 3.05) is 20.3 Å². The lowest BCUT2D eigenvalue weighted by molar-refractivity contribution is 0.287. The van der Waals surface area contributed by atoms with Crippen molar-refractivity contribution in [3.63, 3.8) is 0 Å². The highest BCUT2D eigenvalue weighted by Crippen LogP contribution is 2.31. The summed E-state index contributed by atoms with van der Waals surface area (Å²) in [6.07, 6.45) is 0. The number of aromatic amines is 1. The van der Waals surface area contributed by atoms with Gasteiger partial charge in [-0.1, -0.05) is 18.2 Å². The molecule has 142 valence electrons. The minimum atomic E-state index is -0.466. The molecule has 0 fully saturated rings. The van der Waals surface area contributed by atoms with Crippen molar-refractivity contribution < 1.29 is 14.2 Å². The van der Waals surface area contributed by atoms with Crippen molar-refractivity contribution >= 4 is 0 Å². The molecule has 3 N–H and O–H groups in total. The van der Waals surface area contributed by atoms with Gasteiger partial charge >= 0.3 is 0 Å². The molecule has 1 unspecified atom stereocenters. The summed E-state index contributed by atoms with van der Waals surface area (Å²) < 4.78 is 16.5. The van der Waals surface area contributed by atoms with Crippen LogP contribution in [0.3, 0.4) is 0 Å². The first-order valence-electron chi connectivity index (χ1n) is 8.88. The van der Waals surface area contributed by atoms with Crippen LogP contribution in [0.15, 0.2) is 42.5 Å². The molecule has 0 aliphatic heterocycles. The third kappa shape index (κ3) is 4.20. The second-order valence-electron chi connectivity index (χ2n) is 5.83. The highest BCUT2D eigenvalue weighted by atomic mass is 16.5. The summed E-state index contributed by atoms with van der Waals surface area (Å²) in [6, 6.07) is 12.8. The van der Waals surface area contributed by atoms with Crippen LogP contribution in [0.2, 0.25) is 0 Å². The number of nitrogens with one attached hydrogen (secondary N) is 1. The van der Waals surface area contributed by atoms with Gasteiger partial charge in [0.25, 0.3) is 0 Å². The fraction of sp³-hybridized carbons (Fsp3) is 0.300. The summed E-state index contributed by atoms with van der Waals surface area (Å²) >= 11 is 0. The number of hydrogen-bond donors (Lipinski definition) is 2. The van der Waals surface area contributed by atoms with Crippen molar-refractivity contribution in [1.82, 2.24) is 15.2 Å². The molecular formula is C20H24N4O3. The molecule has 1 atom stereocenters. The average molecular weight is 368 g/mol. The second kappa shape index (κ2) is 8.55. The van der Waals surface area contributed by atoms with E-state index in [1.165, 1.54) is 0 Å². The molecule has 0 aliphatic rings. The molecule has 0 spiro atoms. The van der Waals surface area contributed by atoms with Crippen LogP contribution in [0.5, 0.6) is 17.2 Å². The lowest BCUT2D eigenvalue weighted by Crippen LogP contribution is -2.14. The zero-order chi connectivity index (χ0) is 19.2. The summed E-state index contributed by atoms with van der Waals surface area (Å²) in [7, 11) is 1.63. The van der Waals surface area contributed by atoms with Gasteiger partial charge in [-0.15, -0.1) is 0 Å². The van der Waals surface area contributed by atoms with Gasteiger partial charge in [0.05, 0.1) is 26.4 Å². The number of hydrogen-bond acceptors (Lipinski definition) is 6. The van der Waals surface area contributed by atoms with Crippen LogP contribution in [0, 0.1) is 0 Å². The quantitative estimate of drug-likeness (QED) is 0.633. The third-order valence-electron chi connectivity index (χ3n) is 4.05. The van der Waals surface area contributed by atoms with Gasteiger partial charge < -0.3 is 19.9 Å². The fourth-order valence-electron chi connectivity index (χ4n) is 2.72. The monoisotopic (exact) mass is 368 g/mol. The van der Waals surface area contributed by atoms with Crippen LogP contribution in [0.25, 0.3) is 11.4 Å². The Kier molecular flexibility index (Phi) is 5.93. The summed E-state index contributed by atoms with van der Waals surface area (Å²) in [6.45, 7) is 4.97. The maximum atomic E-state index is 6.40. The number of nitrogens with zero attached hydrogens (tertiary/aromatic N) is 2. The van der Waals surface area contributed by atoms with E-state index in [9.17, 15) is 0 Å². The van der Waals surface area contributed by atoms with Gasteiger partial charge in [0.15, 0.2) is 17.3 Å². The number of aromatic nitrogens is 3. The molecule has 3 rings (SSSR count). The summed E-state index contributed by atoms with van der Waals surface area (Å²) in [5.41, 5.74) is 8.11. The predicted molar refractivity (Wildman–Crippen MR) is 103 cm³/mol. The zero-order valence-corrected chi connectivity index (χ0v) is 15.7. The number of methoxy groups -OCH3 is 1. The number of nitrogens with two attached hydrogens (primary N) is 1. The molecule has 1 aromatic heterocycles. The van der Waals surface area contributed by atoms with Crippen LogP contribution >= 0.6 is 0 Å². The maximum Gasteiger partial charge on any atom is 0.181 e. The Balaban J connectivity index is 1.86. The van der Waals surface area contributed by atoms with Crippen molar-refractivity contribution in [2.24, 2.45) is 5.73 Å². The third-order valence-corrected chi connectivity index (χ3v) is 4.05. The van der Waals surface area contributed by atoms with Crippen LogP contribution in [-0.2, 0) is 0 Å². The number of benzene rings is 2. The molecule has 27 heavy (non-hydrogen) atoms. The minimum Gasteiger partial charge on any atom is -0.497 e. The molecule has 0 bridgehead atoms. The Hall–Kier alpha value is -3.06. The van der Waals surface area contributed by atoms with E-state index in [4.69, 9.17) is 19.9 Å². The highest BCUT2D eigenvalue weighted by Gasteiger charge is 2.17. The topological polar surface area (TPSA) is 95.3 Å². The van der Waals surface area contributed by atoms with Gasteiger partial charge in [-0.05, 0) is 43.7 Å². The first-order valence-corrected chi connectivity index (χ1v) is 8.88. The van der Waals surface area contributed by atoms with Crippen LogP contribution < -0.4 is 19.9 Å². The Morgan fingerprint density at radius 1 is 1.04 bits per heavy atom. The first kappa shape index (κ1) is 18.7. The number of rotatable bonds is 8. The van der Waals surface area contributed by atoms with Crippen LogP contribution in [0.4, 0.5) is 0 Å². The van der Waals surface area contributed by atoms with Crippen molar-refractivity contribution in [2.45, 2.75) is 19.9 Å². The summed E-state index contributed by atoms with van der Waals surface area (Å²) in [5, 5.41) is 7.22. The van der Waals surface area contributed by atoms with E-state index in [1.54, 1.807) is 7.11 Å². The zero-order valence-electron chi connectivity index (χ0n) is 15.7. The smallest absolute Gasteiger partial charge is 0.181 e. The first-order chi connectivity index (χ1) is 13.2. The summed E-state index contributed by atoms with van der Waals surface area (Å²) in [5.74, 6) is 3.25. The molecule has 0 amide bonds. The normalized spacial score (nSPS) is 11.9. The van der Waals surface area contributed by atoms with E-state index in [-0.39, 0.29) is 0 Å². The van der Waals surface area contributed by atoms with Gasteiger partial charge in [-0.2, -0.15) is 5.10 Å². The molecule has 3 aromatic rings. The van der Waals surface area contributed by atoms with Crippen molar-refractivity contribution in [1.29, 1.82) is 0 Å². The van der Waals surface area contributed by atoms with Crippen LogP contribution in [-0.4, -0.2) is 35.5 Å². The fourth-order valence-corrected chi connectivity index (χ4v) is 2.72. The van der Waals surface area contributed by atoms with E-state index in [0.29, 0.717) is 36.4 Å². The molecule has 1 heterocycles. The van der Waals surface area contributed by atoms with E-state index >= 15 is 0 Å². The van der Waals surface area contributed by atoms with Crippen LogP contribution in [0.1, 0.15) is 31.3 Å². The molecular weight excluding hydrogens is 344 g/mol. The van der Waals surface area contributed by atoms with Gasteiger partial charge in [0.2, 0.25) is 0 Å². The largest absolute Gasteiger partial charge is 0.497 e. The average Bonchev–Trinajstić information content (AvgIpc) is 3.19. The van der Waals surface area contributed by atoms with Gasteiger partial charge in [-0.3, -0.25) is 5.10 Å². The Morgan fingerprint density at radius 2 is 1.81 bits per heavy atom. The molecule has 0 saturated heterocycles. The van der Waals surface area contributed by atoms with Gasteiger partial charge in [0.1, 0.15) is 11.6 Å². The second-order valence-corrected chi connectivity index (χ2v) is 5.83. The molecule has 7 nitrogen and oxygen atoms in total. The van der Waals surface area contributed by atoms with Crippen molar-refractivity contribution in [3.05, 3.63) is 53.9 Å². The molecule has 2 aromatic carbocycles. The minimum absolute atomic E-state index is 0.466.